The van der Waals surface area contributed by atoms with Crippen molar-refractivity contribution in [1.29, 1.82) is 0 Å². The molecule has 0 radical (unpaired) electrons. The third-order valence-corrected chi connectivity index (χ3v) is 2.78. The molecule has 1 fully saturated rings. The van der Waals surface area contributed by atoms with E-state index in [0.717, 1.165) is 18.4 Å². The Morgan fingerprint density at radius 1 is 1.27 bits per heavy atom. The Hall–Kier alpha value is -1.12. The van der Waals surface area contributed by atoms with Crippen molar-refractivity contribution >= 4 is 11.8 Å². The van der Waals surface area contributed by atoms with Crippen LogP contribution in [-0.2, 0) is 9.59 Å². The normalized spacial score (nSPS) is 19.3. The van der Waals surface area contributed by atoms with E-state index in [1.165, 1.54) is 19.3 Å². The van der Waals surface area contributed by atoms with Crippen LogP contribution in [0.5, 0.6) is 0 Å². The number of imide groups is 1. The first-order valence-corrected chi connectivity index (χ1v) is 5.68. The Balaban J connectivity index is 2.43. The molecule has 0 atom stereocenters. The highest BCUT2D eigenvalue weighted by Crippen LogP contribution is 2.19. The van der Waals surface area contributed by atoms with Crippen molar-refractivity contribution in [1.82, 2.24) is 5.32 Å². The number of amides is 2. The number of unbranched alkanes of at least 4 members (excludes halogenated alkanes) is 3. The molecule has 15 heavy (non-hydrogen) atoms. The van der Waals surface area contributed by atoms with Crippen LogP contribution in [0.4, 0.5) is 0 Å². The number of carbonyl (C=O) groups is 2. The van der Waals surface area contributed by atoms with Gasteiger partial charge in [-0.1, -0.05) is 31.8 Å². The van der Waals surface area contributed by atoms with Crippen LogP contribution in [0.1, 0.15) is 52.4 Å². The molecule has 1 N–H and O–H groups in total. The number of nitrogens with one attached hydrogen (secondary N) is 1. The molecule has 1 aliphatic heterocycles. The summed E-state index contributed by atoms with van der Waals surface area (Å²) in [5.74, 6) is -0.351. The van der Waals surface area contributed by atoms with Crippen LogP contribution >= 0.6 is 0 Å². The van der Waals surface area contributed by atoms with E-state index >= 15 is 0 Å². The van der Waals surface area contributed by atoms with Gasteiger partial charge in [0.15, 0.2) is 0 Å². The van der Waals surface area contributed by atoms with E-state index in [-0.39, 0.29) is 18.2 Å². The first-order valence-electron chi connectivity index (χ1n) is 5.68. The fourth-order valence-electron chi connectivity index (χ4n) is 1.80. The van der Waals surface area contributed by atoms with Crippen LogP contribution in [0, 0.1) is 0 Å². The van der Waals surface area contributed by atoms with E-state index in [2.05, 4.69) is 12.2 Å². The van der Waals surface area contributed by atoms with E-state index in [9.17, 15) is 9.59 Å². The SMILES string of the molecule is CCCCCCC(C)=C1CC(=O)NC1=O. The average molecular weight is 209 g/mol. The molecule has 0 aromatic rings. The fraction of sp³-hybridized carbons (Fsp3) is 0.667. The zero-order chi connectivity index (χ0) is 11.3. The van der Waals surface area contributed by atoms with Crippen LogP contribution < -0.4 is 5.32 Å². The second kappa shape index (κ2) is 5.69. The third kappa shape index (κ3) is 3.50. The summed E-state index contributed by atoms with van der Waals surface area (Å²) in [4.78, 5) is 22.3. The maximum atomic E-state index is 11.3. The topological polar surface area (TPSA) is 46.2 Å². The van der Waals surface area contributed by atoms with Crippen LogP contribution in [0.15, 0.2) is 11.1 Å². The molecule has 1 aliphatic rings. The number of allylic oxidation sites excluding steroid dienone is 1. The van der Waals surface area contributed by atoms with Crippen molar-refractivity contribution in [3.8, 4) is 0 Å². The van der Waals surface area contributed by atoms with Gasteiger partial charge in [-0.3, -0.25) is 14.9 Å². The molecular formula is C12H19NO2. The third-order valence-electron chi connectivity index (χ3n) is 2.78. The Morgan fingerprint density at radius 2 is 2.00 bits per heavy atom. The quantitative estimate of drug-likeness (QED) is 0.429. The maximum absolute atomic E-state index is 11.3. The van der Waals surface area contributed by atoms with Gasteiger partial charge in [0, 0.05) is 5.57 Å². The average Bonchev–Trinajstić information content (AvgIpc) is 2.52. The number of hydrogen-bond donors (Lipinski definition) is 1. The molecule has 3 heteroatoms. The molecule has 0 saturated carbocycles. The fourth-order valence-corrected chi connectivity index (χ4v) is 1.80. The Labute approximate surface area is 90.9 Å². The molecule has 0 aliphatic carbocycles. The largest absolute Gasteiger partial charge is 0.292 e. The minimum absolute atomic E-state index is 0.164. The molecule has 1 heterocycles. The minimum Gasteiger partial charge on any atom is -0.292 e. The van der Waals surface area contributed by atoms with Gasteiger partial charge in [-0.2, -0.15) is 0 Å². The number of carbonyl (C=O) groups excluding carboxylic acids is 2. The second-order valence-electron chi connectivity index (χ2n) is 4.12. The first-order chi connectivity index (χ1) is 7.15. The van der Waals surface area contributed by atoms with Gasteiger partial charge in [0.2, 0.25) is 5.91 Å². The molecule has 0 aromatic carbocycles. The summed E-state index contributed by atoms with van der Waals surface area (Å²) in [5.41, 5.74) is 1.77. The lowest BCUT2D eigenvalue weighted by molar-refractivity contribution is -0.124. The highest BCUT2D eigenvalue weighted by Gasteiger charge is 2.25. The van der Waals surface area contributed by atoms with Crippen LogP contribution in [0.25, 0.3) is 0 Å². The molecule has 0 unspecified atom stereocenters. The van der Waals surface area contributed by atoms with Gasteiger partial charge in [-0.05, 0) is 19.8 Å². The summed E-state index contributed by atoms with van der Waals surface area (Å²) in [6, 6.07) is 0. The monoisotopic (exact) mass is 209 g/mol. The molecule has 3 nitrogen and oxygen atoms in total. The van der Waals surface area contributed by atoms with Crippen molar-refractivity contribution in [3.63, 3.8) is 0 Å². The van der Waals surface area contributed by atoms with E-state index in [4.69, 9.17) is 0 Å². The van der Waals surface area contributed by atoms with Gasteiger partial charge in [-0.15, -0.1) is 0 Å². The maximum Gasteiger partial charge on any atom is 0.254 e. The highest BCUT2D eigenvalue weighted by atomic mass is 16.2. The van der Waals surface area contributed by atoms with Crippen LogP contribution in [0.2, 0.25) is 0 Å². The van der Waals surface area contributed by atoms with E-state index < -0.39 is 0 Å². The molecule has 2 amide bonds. The Kier molecular flexibility index (Phi) is 4.53. The Morgan fingerprint density at radius 3 is 2.53 bits per heavy atom. The summed E-state index contributed by atoms with van der Waals surface area (Å²) in [6.07, 6.45) is 6.00. The number of rotatable bonds is 5. The van der Waals surface area contributed by atoms with Crippen molar-refractivity contribution < 1.29 is 9.59 Å². The smallest absolute Gasteiger partial charge is 0.254 e. The van der Waals surface area contributed by atoms with E-state index in [1.54, 1.807) is 0 Å². The molecule has 0 bridgehead atoms. The van der Waals surface area contributed by atoms with Gasteiger partial charge in [-0.25, -0.2) is 0 Å². The molecular weight excluding hydrogens is 190 g/mol. The molecule has 1 saturated heterocycles. The van der Waals surface area contributed by atoms with Crippen molar-refractivity contribution in [2.75, 3.05) is 0 Å². The van der Waals surface area contributed by atoms with Gasteiger partial charge in [0.1, 0.15) is 0 Å². The van der Waals surface area contributed by atoms with Crippen molar-refractivity contribution in [3.05, 3.63) is 11.1 Å². The first kappa shape index (κ1) is 12.0. The summed E-state index contributed by atoms with van der Waals surface area (Å²) in [5, 5.41) is 2.31. The zero-order valence-electron chi connectivity index (χ0n) is 9.56. The zero-order valence-corrected chi connectivity index (χ0v) is 9.56. The van der Waals surface area contributed by atoms with Crippen LogP contribution in [0.3, 0.4) is 0 Å². The highest BCUT2D eigenvalue weighted by molar-refractivity contribution is 6.13. The summed E-state index contributed by atoms with van der Waals surface area (Å²) in [6.45, 7) is 4.13. The van der Waals surface area contributed by atoms with Gasteiger partial charge >= 0.3 is 0 Å². The lowest BCUT2D eigenvalue weighted by atomic mass is 10.0. The van der Waals surface area contributed by atoms with Gasteiger partial charge < -0.3 is 0 Å². The Bertz CT molecular complexity index is 292. The van der Waals surface area contributed by atoms with E-state index in [0.29, 0.717) is 5.57 Å². The molecule has 0 spiro atoms. The van der Waals surface area contributed by atoms with Crippen molar-refractivity contribution in [2.45, 2.75) is 52.4 Å². The lowest BCUT2D eigenvalue weighted by Crippen LogP contribution is -2.19. The molecule has 1 rings (SSSR count). The standard InChI is InChI=1S/C12H19NO2/c1-3-4-5-6-7-9(2)10-8-11(14)13-12(10)15/h3-8H2,1-2H3,(H,13,14,15). The van der Waals surface area contributed by atoms with Crippen molar-refractivity contribution in [2.24, 2.45) is 0 Å². The lowest BCUT2D eigenvalue weighted by Gasteiger charge is -2.03. The predicted octanol–water partition coefficient (Wildman–Crippen LogP) is 2.32. The summed E-state index contributed by atoms with van der Waals surface area (Å²) in [7, 11) is 0. The van der Waals surface area contributed by atoms with E-state index in [1.807, 2.05) is 6.92 Å². The van der Waals surface area contributed by atoms with Crippen LogP contribution in [-0.4, -0.2) is 11.8 Å². The molecule has 84 valence electrons. The summed E-state index contributed by atoms with van der Waals surface area (Å²) >= 11 is 0. The minimum atomic E-state index is -0.187. The van der Waals surface area contributed by atoms with Gasteiger partial charge in [0.05, 0.1) is 6.42 Å². The predicted molar refractivity (Wildman–Crippen MR) is 59.2 cm³/mol. The number of hydrogen-bond acceptors (Lipinski definition) is 2. The van der Waals surface area contributed by atoms with Gasteiger partial charge in [0.25, 0.3) is 5.91 Å². The molecule has 0 aromatic heterocycles. The second-order valence-corrected chi connectivity index (χ2v) is 4.12. The summed E-state index contributed by atoms with van der Waals surface area (Å²) < 4.78 is 0.